The highest BCUT2D eigenvalue weighted by atomic mass is 31.3. The van der Waals surface area contributed by atoms with E-state index < -0.39 is 15.6 Å². The SMILES string of the molecule is O=P1(O)OP(=O)(O)O[N@]2CC[N@@](CC2)O1. The normalized spacial score (nSPS) is 51.9. The average molecular weight is 260 g/mol. The Balaban J connectivity index is 2.24. The summed E-state index contributed by atoms with van der Waals surface area (Å²) in [5.41, 5.74) is 0. The zero-order valence-electron chi connectivity index (χ0n) is 7.55. The number of phosphoric acid groups is 2. The molecule has 2 bridgehead atoms. The highest BCUT2D eigenvalue weighted by Gasteiger charge is 2.42. The molecular weight excluding hydrogens is 250 g/mol. The van der Waals surface area contributed by atoms with E-state index in [-0.39, 0.29) is 26.2 Å². The van der Waals surface area contributed by atoms with Crippen LogP contribution >= 0.6 is 15.6 Å². The Labute approximate surface area is 85.3 Å². The van der Waals surface area contributed by atoms with Gasteiger partial charge in [-0.25, -0.2) is 9.13 Å². The van der Waals surface area contributed by atoms with E-state index in [0.29, 0.717) is 0 Å². The third-order valence-electron chi connectivity index (χ3n) is 1.84. The molecule has 3 fully saturated rings. The molecule has 15 heavy (non-hydrogen) atoms. The highest BCUT2D eigenvalue weighted by Crippen LogP contribution is 2.61. The van der Waals surface area contributed by atoms with Crippen molar-refractivity contribution in [1.29, 1.82) is 0 Å². The standard InChI is InChI=1S/C4H10N2O7P2/c7-14(8)11-5-1-2-6(4-3-5)12-15(9,10)13-14/h1-4H2,(H,7,8)(H,9,10). The maximum absolute atomic E-state index is 11.2. The summed E-state index contributed by atoms with van der Waals surface area (Å²) in [6.07, 6.45) is 0. The molecule has 3 rings (SSSR count). The van der Waals surface area contributed by atoms with Crippen LogP contribution in [0.4, 0.5) is 0 Å². The third kappa shape index (κ3) is 3.07. The minimum atomic E-state index is -4.59. The summed E-state index contributed by atoms with van der Waals surface area (Å²) in [6.45, 7) is 1.14. The molecule has 0 spiro atoms. The highest BCUT2D eigenvalue weighted by molar-refractivity contribution is 7.61. The van der Waals surface area contributed by atoms with Gasteiger partial charge in [0.05, 0.1) is 0 Å². The summed E-state index contributed by atoms with van der Waals surface area (Å²) in [4.78, 5) is 18.2. The van der Waals surface area contributed by atoms with Gasteiger partial charge in [0.15, 0.2) is 0 Å². The molecule has 3 heterocycles. The van der Waals surface area contributed by atoms with Crippen molar-refractivity contribution in [2.24, 2.45) is 0 Å². The van der Waals surface area contributed by atoms with Crippen LogP contribution < -0.4 is 0 Å². The number of rotatable bonds is 0. The quantitative estimate of drug-likeness (QED) is 0.567. The van der Waals surface area contributed by atoms with Gasteiger partial charge in [0.1, 0.15) is 0 Å². The van der Waals surface area contributed by atoms with Crippen LogP contribution in [0.25, 0.3) is 0 Å². The van der Waals surface area contributed by atoms with Crippen LogP contribution in [0.2, 0.25) is 0 Å². The number of hydrogen-bond acceptors (Lipinski definition) is 7. The Morgan fingerprint density at radius 1 is 0.867 bits per heavy atom. The smallest absolute Gasteiger partial charge is 0.301 e. The topological polar surface area (TPSA) is 109 Å². The molecule has 11 heteroatoms. The molecule has 9 nitrogen and oxygen atoms in total. The van der Waals surface area contributed by atoms with Crippen LogP contribution in [0.3, 0.4) is 0 Å². The molecule has 3 saturated heterocycles. The molecule has 0 saturated carbocycles. The fourth-order valence-corrected chi connectivity index (χ4v) is 3.48. The van der Waals surface area contributed by atoms with E-state index in [1.54, 1.807) is 0 Å². The Hall–Kier alpha value is 0.180. The molecule has 0 amide bonds. The van der Waals surface area contributed by atoms with E-state index in [9.17, 15) is 9.13 Å². The molecule has 0 radical (unpaired) electrons. The molecule has 2 unspecified atom stereocenters. The van der Waals surface area contributed by atoms with Crippen LogP contribution in [0.15, 0.2) is 0 Å². The molecule has 0 aromatic heterocycles. The Kier molecular flexibility index (Phi) is 3.02. The van der Waals surface area contributed by atoms with Crippen LogP contribution in [0.1, 0.15) is 0 Å². The molecule has 3 aliphatic heterocycles. The zero-order chi connectivity index (χ0) is 11.1. The lowest BCUT2D eigenvalue weighted by Crippen LogP contribution is -2.44. The van der Waals surface area contributed by atoms with Crippen molar-refractivity contribution in [2.45, 2.75) is 0 Å². The maximum Gasteiger partial charge on any atom is 0.497 e. The van der Waals surface area contributed by atoms with Crippen molar-refractivity contribution < 1.29 is 32.5 Å². The van der Waals surface area contributed by atoms with E-state index in [4.69, 9.17) is 9.79 Å². The predicted molar refractivity (Wildman–Crippen MR) is 46.1 cm³/mol. The largest absolute Gasteiger partial charge is 0.497 e. The van der Waals surface area contributed by atoms with Gasteiger partial charge in [-0.1, -0.05) is 0 Å². The van der Waals surface area contributed by atoms with E-state index >= 15 is 0 Å². The van der Waals surface area contributed by atoms with Gasteiger partial charge in [0.2, 0.25) is 0 Å². The lowest BCUT2D eigenvalue weighted by atomic mass is 10.4. The summed E-state index contributed by atoms with van der Waals surface area (Å²) in [6, 6.07) is 0. The molecular formula is C4H10N2O7P2. The first-order chi connectivity index (χ1) is 6.86. The summed E-state index contributed by atoms with van der Waals surface area (Å²) >= 11 is 0. The van der Waals surface area contributed by atoms with Crippen molar-refractivity contribution in [1.82, 2.24) is 10.1 Å². The van der Waals surface area contributed by atoms with Crippen LogP contribution in [-0.4, -0.2) is 46.1 Å². The number of fused-ring (bicyclic) bond motifs is 6. The predicted octanol–water partition coefficient (Wildman–Crippen LogP) is -0.302. The van der Waals surface area contributed by atoms with E-state index in [0.717, 1.165) is 0 Å². The third-order valence-corrected chi connectivity index (χ3v) is 4.37. The van der Waals surface area contributed by atoms with Crippen LogP contribution in [0, 0.1) is 0 Å². The molecule has 0 aromatic rings. The lowest BCUT2D eigenvalue weighted by molar-refractivity contribution is -0.154. The van der Waals surface area contributed by atoms with Crippen molar-refractivity contribution >= 4 is 15.6 Å². The fourth-order valence-electron chi connectivity index (χ4n) is 1.29. The first kappa shape index (κ1) is 11.7. The first-order valence-electron chi connectivity index (χ1n) is 4.13. The van der Waals surface area contributed by atoms with E-state index in [1.807, 2.05) is 0 Å². The average Bonchev–Trinajstić information content (AvgIpc) is 2.10. The van der Waals surface area contributed by atoms with Gasteiger partial charge in [0.25, 0.3) is 0 Å². The minimum absolute atomic E-state index is 0.286. The van der Waals surface area contributed by atoms with Gasteiger partial charge in [0, 0.05) is 26.2 Å². The van der Waals surface area contributed by atoms with Gasteiger partial charge in [-0.15, -0.1) is 0 Å². The fraction of sp³-hybridized carbons (Fsp3) is 1.00. The zero-order valence-corrected chi connectivity index (χ0v) is 9.34. The Bertz CT molecular complexity index is 308. The number of nitrogens with zero attached hydrogens (tertiary/aromatic N) is 2. The number of hydroxylamine groups is 4. The summed E-state index contributed by atoms with van der Waals surface area (Å²) in [7, 11) is -9.18. The van der Waals surface area contributed by atoms with E-state index in [1.165, 1.54) is 10.1 Å². The van der Waals surface area contributed by atoms with E-state index in [2.05, 4.69) is 13.6 Å². The molecule has 2 N–H and O–H groups in total. The van der Waals surface area contributed by atoms with Gasteiger partial charge in [-0.2, -0.15) is 23.7 Å². The minimum Gasteiger partial charge on any atom is -0.301 e. The van der Waals surface area contributed by atoms with Crippen molar-refractivity contribution in [2.75, 3.05) is 26.2 Å². The Morgan fingerprint density at radius 3 is 1.53 bits per heavy atom. The second-order valence-electron chi connectivity index (χ2n) is 3.04. The number of piperazine rings is 1. The monoisotopic (exact) mass is 260 g/mol. The summed E-state index contributed by atoms with van der Waals surface area (Å²) in [5, 5.41) is 2.40. The summed E-state index contributed by atoms with van der Waals surface area (Å²) in [5.74, 6) is 0. The maximum atomic E-state index is 11.2. The Morgan fingerprint density at radius 2 is 1.20 bits per heavy atom. The number of hydrogen-bond donors (Lipinski definition) is 2. The van der Waals surface area contributed by atoms with Crippen molar-refractivity contribution in [3.8, 4) is 0 Å². The van der Waals surface area contributed by atoms with Gasteiger partial charge in [-0.05, 0) is 0 Å². The van der Waals surface area contributed by atoms with Crippen LogP contribution in [0.5, 0.6) is 0 Å². The molecule has 3 aliphatic rings. The lowest BCUT2D eigenvalue weighted by Gasteiger charge is -2.29. The van der Waals surface area contributed by atoms with Crippen molar-refractivity contribution in [3.05, 3.63) is 0 Å². The molecule has 0 aliphatic carbocycles. The van der Waals surface area contributed by atoms with Crippen LogP contribution in [-0.2, 0) is 22.7 Å². The second kappa shape index (κ2) is 3.89. The van der Waals surface area contributed by atoms with Gasteiger partial charge in [-0.3, -0.25) is 0 Å². The van der Waals surface area contributed by atoms with Gasteiger partial charge < -0.3 is 9.79 Å². The van der Waals surface area contributed by atoms with Crippen molar-refractivity contribution in [3.63, 3.8) is 0 Å². The first-order valence-corrected chi connectivity index (χ1v) is 7.12. The van der Waals surface area contributed by atoms with Gasteiger partial charge >= 0.3 is 15.6 Å². The summed E-state index contributed by atoms with van der Waals surface area (Å²) < 4.78 is 35.6. The molecule has 2 atom stereocenters. The second-order valence-corrected chi connectivity index (χ2v) is 5.89. The molecule has 88 valence electrons. The molecule has 0 aromatic carbocycles.